The lowest BCUT2D eigenvalue weighted by Gasteiger charge is -2.09. The van der Waals surface area contributed by atoms with E-state index in [1.54, 1.807) is 44.5 Å². The van der Waals surface area contributed by atoms with E-state index in [1.807, 2.05) is 11.4 Å². The molecule has 3 aromatic rings. The number of aromatic nitrogens is 2. The Morgan fingerprint density at radius 3 is 2.96 bits per heavy atom. The Morgan fingerprint density at radius 1 is 1.36 bits per heavy atom. The lowest BCUT2D eigenvalue weighted by Crippen LogP contribution is -2.19. The number of ether oxygens (including phenoxy) is 2. The summed E-state index contributed by atoms with van der Waals surface area (Å²) in [5.41, 5.74) is 0.595. The highest BCUT2D eigenvalue weighted by Gasteiger charge is 2.08. The van der Waals surface area contributed by atoms with Crippen LogP contribution in [0.25, 0.3) is 10.2 Å². The summed E-state index contributed by atoms with van der Waals surface area (Å²) in [6.07, 6.45) is 3.26. The number of benzene rings is 1. The molecule has 0 amide bonds. The Balaban J connectivity index is 1.94. The maximum Gasteiger partial charge on any atom is 0.282 e. The van der Waals surface area contributed by atoms with Gasteiger partial charge in [0.1, 0.15) is 17.3 Å². The van der Waals surface area contributed by atoms with Crippen LogP contribution in [0.5, 0.6) is 11.5 Å². The minimum Gasteiger partial charge on any atom is -0.493 e. The normalized spacial score (nSPS) is 11.1. The van der Waals surface area contributed by atoms with Crippen LogP contribution in [-0.2, 0) is 0 Å². The summed E-state index contributed by atoms with van der Waals surface area (Å²) in [5.74, 6) is 1.74. The van der Waals surface area contributed by atoms with Gasteiger partial charge in [-0.25, -0.2) is 4.98 Å². The van der Waals surface area contributed by atoms with Crippen molar-refractivity contribution >= 4 is 27.8 Å². The van der Waals surface area contributed by atoms with Crippen molar-refractivity contribution in [2.24, 2.45) is 5.10 Å². The van der Waals surface area contributed by atoms with Gasteiger partial charge in [0.15, 0.2) is 11.5 Å². The Morgan fingerprint density at radius 2 is 2.20 bits per heavy atom. The fourth-order valence-corrected chi connectivity index (χ4v) is 3.10. The third-order valence-corrected chi connectivity index (χ3v) is 4.31. The number of hydrogen-bond donors (Lipinski definition) is 0. The van der Waals surface area contributed by atoms with E-state index >= 15 is 0 Å². The molecule has 0 unspecified atom stereocenters. The average Bonchev–Trinajstić information content (AvgIpc) is 3.08. The third kappa shape index (κ3) is 3.46. The largest absolute Gasteiger partial charge is 0.493 e. The summed E-state index contributed by atoms with van der Waals surface area (Å²) < 4.78 is 12.1. The summed E-state index contributed by atoms with van der Waals surface area (Å²) >= 11 is 1.44. The number of fused-ring (bicyclic) bond motifs is 1. The number of methoxy groups -OCH3 is 1. The number of aryl methyl sites for hydroxylation is 1. The number of nitrogens with zero attached hydrogens (tertiary/aromatic N) is 3. The van der Waals surface area contributed by atoms with Crippen LogP contribution in [0.3, 0.4) is 0 Å². The average molecular weight is 355 g/mol. The molecular weight excluding hydrogens is 338 g/mol. The van der Waals surface area contributed by atoms with E-state index in [1.165, 1.54) is 16.0 Å². The molecule has 0 atom stereocenters. The molecule has 2 heterocycles. The second-order valence-corrected chi connectivity index (χ2v) is 6.06. The highest BCUT2D eigenvalue weighted by Crippen LogP contribution is 2.27. The number of thiophene rings is 1. The molecule has 3 rings (SSSR count). The molecule has 0 saturated carbocycles. The highest BCUT2D eigenvalue weighted by molar-refractivity contribution is 7.16. The first-order valence-corrected chi connectivity index (χ1v) is 8.45. The van der Waals surface area contributed by atoms with Gasteiger partial charge < -0.3 is 9.47 Å². The van der Waals surface area contributed by atoms with Gasteiger partial charge in [0.2, 0.25) is 0 Å². The molecule has 0 radical (unpaired) electrons. The summed E-state index contributed by atoms with van der Waals surface area (Å²) in [4.78, 5) is 17.6. The Kier molecular flexibility index (Phi) is 4.95. The Bertz CT molecular complexity index is 1000. The smallest absolute Gasteiger partial charge is 0.282 e. The highest BCUT2D eigenvalue weighted by atomic mass is 32.1. The number of hydrogen-bond acceptors (Lipinski definition) is 6. The topological polar surface area (TPSA) is 65.7 Å². The van der Waals surface area contributed by atoms with Crippen molar-refractivity contribution < 1.29 is 9.47 Å². The molecule has 0 fully saturated rings. The van der Waals surface area contributed by atoms with Gasteiger partial charge in [-0.3, -0.25) is 4.79 Å². The van der Waals surface area contributed by atoms with E-state index in [9.17, 15) is 4.79 Å². The predicted octanol–water partition coefficient (Wildman–Crippen LogP) is 3.22. The van der Waals surface area contributed by atoms with Crippen molar-refractivity contribution in [3.8, 4) is 11.5 Å². The standard InChI is InChI=1S/C18H17N3O3S/c1-4-8-24-15-6-5-13(10-16(15)23-3)11-19-21-12(2)20-17-14(18(21)22)7-9-25-17/h4-7,9-11H,1,8H2,2-3H3/b19-11-. The van der Waals surface area contributed by atoms with Gasteiger partial charge in [-0.1, -0.05) is 12.7 Å². The first-order valence-electron chi connectivity index (χ1n) is 7.57. The Labute approximate surface area is 148 Å². The molecule has 0 bridgehead atoms. The van der Waals surface area contributed by atoms with E-state index in [2.05, 4.69) is 16.7 Å². The van der Waals surface area contributed by atoms with Crippen LogP contribution < -0.4 is 15.0 Å². The zero-order valence-electron chi connectivity index (χ0n) is 13.9. The van der Waals surface area contributed by atoms with Crippen LogP contribution in [0.1, 0.15) is 11.4 Å². The molecule has 6 nitrogen and oxygen atoms in total. The van der Waals surface area contributed by atoms with Gasteiger partial charge in [0.25, 0.3) is 5.56 Å². The molecule has 0 N–H and O–H groups in total. The fraction of sp³-hybridized carbons (Fsp3) is 0.167. The molecule has 0 saturated heterocycles. The molecular formula is C18H17N3O3S. The van der Waals surface area contributed by atoms with E-state index in [0.717, 1.165) is 10.4 Å². The van der Waals surface area contributed by atoms with E-state index in [4.69, 9.17) is 9.47 Å². The third-order valence-electron chi connectivity index (χ3n) is 3.50. The van der Waals surface area contributed by atoms with Crippen LogP contribution in [0.2, 0.25) is 0 Å². The summed E-state index contributed by atoms with van der Waals surface area (Å²) in [7, 11) is 1.57. The van der Waals surface area contributed by atoms with Gasteiger partial charge in [-0.15, -0.1) is 11.3 Å². The van der Waals surface area contributed by atoms with Gasteiger partial charge in [-0.05, 0) is 42.1 Å². The molecule has 7 heteroatoms. The van der Waals surface area contributed by atoms with Crippen molar-refractivity contribution in [2.45, 2.75) is 6.92 Å². The van der Waals surface area contributed by atoms with Crippen LogP contribution in [-0.4, -0.2) is 29.6 Å². The maximum absolute atomic E-state index is 12.5. The second kappa shape index (κ2) is 7.31. The van der Waals surface area contributed by atoms with Crippen LogP contribution in [0.4, 0.5) is 0 Å². The SMILES string of the molecule is C=CCOc1ccc(/C=N\n2c(C)nc3sccc3c2=O)cc1OC. The fourth-order valence-electron chi connectivity index (χ4n) is 2.30. The van der Waals surface area contributed by atoms with Crippen molar-refractivity contribution in [3.05, 3.63) is 64.0 Å². The van der Waals surface area contributed by atoms with E-state index in [0.29, 0.717) is 29.3 Å². The molecule has 0 aliphatic rings. The summed E-state index contributed by atoms with van der Waals surface area (Å²) in [5, 5.41) is 6.70. The quantitative estimate of drug-likeness (QED) is 0.503. The first kappa shape index (κ1) is 16.9. The molecule has 0 spiro atoms. The lowest BCUT2D eigenvalue weighted by molar-refractivity contribution is 0.326. The van der Waals surface area contributed by atoms with E-state index in [-0.39, 0.29) is 5.56 Å². The Hall–Kier alpha value is -2.93. The maximum atomic E-state index is 12.5. The summed E-state index contributed by atoms with van der Waals surface area (Å²) in [6.45, 7) is 5.77. The molecule has 0 aliphatic heterocycles. The van der Waals surface area contributed by atoms with Gasteiger partial charge in [0.05, 0.1) is 18.7 Å². The van der Waals surface area contributed by atoms with Crippen molar-refractivity contribution in [2.75, 3.05) is 13.7 Å². The molecule has 0 aliphatic carbocycles. The van der Waals surface area contributed by atoms with Crippen LogP contribution in [0, 0.1) is 6.92 Å². The van der Waals surface area contributed by atoms with Gasteiger partial charge in [-0.2, -0.15) is 9.78 Å². The monoisotopic (exact) mass is 355 g/mol. The van der Waals surface area contributed by atoms with Gasteiger partial charge >= 0.3 is 0 Å². The van der Waals surface area contributed by atoms with E-state index < -0.39 is 0 Å². The second-order valence-electron chi connectivity index (χ2n) is 5.17. The summed E-state index contributed by atoms with van der Waals surface area (Å²) in [6, 6.07) is 7.18. The molecule has 128 valence electrons. The van der Waals surface area contributed by atoms with Crippen LogP contribution >= 0.6 is 11.3 Å². The molecule has 25 heavy (non-hydrogen) atoms. The predicted molar refractivity (Wildman–Crippen MR) is 100 cm³/mol. The van der Waals surface area contributed by atoms with Crippen molar-refractivity contribution in [1.82, 2.24) is 9.66 Å². The minimum absolute atomic E-state index is 0.182. The van der Waals surface area contributed by atoms with Gasteiger partial charge in [0, 0.05) is 0 Å². The lowest BCUT2D eigenvalue weighted by atomic mass is 10.2. The van der Waals surface area contributed by atoms with Crippen molar-refractivity contribution in [1.29, 1.82) is 0 Å². The molecule has 2 aromatic heterocycles. The van der Waals surface area contributed by atoms with Crippen molar-refractivity contribution in [3.63, 3.8) is 0 Å². The zero-order valence-corrected chi connectivity index (χ0v) is 14.7. The molecule has 1 aromatic carbocycles. The number of rotatable bonds is 6. The first-order chi connectivity index (χ1) is 12.1. The van der Waals surface area contributed by atoms with Crippen LogP contribution in [0.15, 0.2) is 52.2 Å². The minimum atomic E-state index is -0.182. The zero-order chi connectivity index (χ0) is 17.8.